The summed E-state index contributed by atoms with van der Waals surface area (Å²) in [7, 11) is 0. The highest BCUT2D eigenvalue weighted by Crippen LogP contribution is 2.62. The van der Waals surface area contributed by atoms with Crippen molar-refractivity contribution in [2.45, 2.75) is 13.8 Å². The lowest BCUT2D eigenvalue weighted by Gasteiger charge is -2.26. The first-order valence-electron chi connectivity index (χ1n) is 18.5. The number of fused-ring (bicyclic) bond motifs is 7. The molecule has 0 bridgehead atoms. The quantitative estimate of drug-likeness (QED) is 0.176. The van der Waals surface area contributed by atoms with E-state index in [9.17, 15) is 0 Å². The van der Waals surface area contributed by atoms with Crippen LogP contribution in [0.4, 0.5) is 17.1 Å². The SMILES string of the molecule is Cc1ccccc1-c1c2c(c(-c3ccccc3C)c3ccccc13)-c1ccc3c4c(ccc-2c14)-c1ccc(N(c2ccccc2)c2ccccc2)cc1-3. The molecule has 9 aromatic rings. The zero-order valence-electron chi connectivity index (χ0n) is 29.7. The van der Waals surface area contributed by atoms with Crippen LogP contribution in [-0.2, 0) is 0 Å². The number of rotatable bonds is 5. The molecule has 9 aromatic carbocycles. The Balaban J connectivity index is 1.21. The summed E-state index contributed by atoms with van der Waals surface area (Å²) in [5.41, 5.74) is 21.9. The lowest BCUT2D eigenvalue weighted by Crippen LogP contribution is -2.09. The summed E-state index contributed by atoms with van der Waals surface area (Å²) in [6, 6.07) is 64.9. The fourth-order valence-electron chi connectivity index (χ4n) is 9.33. The van der Waals surface area contributed by atoms with Crippen molar-refractivity contribution in [3.8, 4) is 66.8 Å². The molecule has 0 saturated heterocycles. The maximum atomic E-state index is 2.42. The van der Waals surface area contributed by atoms with Crippen molar-refractivity contribution in [3.63, 3.8) is 0 Å². The number of para-hydroxylation sites is 2. The third-order valence-corrected chi connectivity index (χ3v) is 11.6. The number of hydrogen-bond acceptors (Lipinski definition) is 1. The molecular weight excluding hydrogens is 639 g/mol. The smallest absolute Gasteiger partial charge is 0.0468 e. The number of nitrogens with zero attached hydrogens (tertiary/aromatic N) is 1. The van der Waals surface area contributed by atoms with Gasteiger partial charge in [-0.3, -0.25) is 0 Å². The first-order valence-corrected chi connectivity index (χ1v) is 18.5. The predicted molar refractivity (Wildman–Crippen MR) is 225 cm³/mol. The molecule has 2 aliphatic carbocycles. The van der Waals surface area contributed by atoms with Gasteiger partial charge in [-0.1, -0.05) is 140 Å². The summed E-state index contributed by atoms with van der Waals surface area (Å²) in [6.07, 6.45) is 0. The molecule has 248 valence electrons. The predicted octanol–water partition coefficient (Wildman–Crippen LogP) is 14.7. The van der Waals surface area contributed by atoms with Crippen LogP contribution in [0.15, 0.2) is 176 Å². The second-order valence-electron chi connectivity index (χ2n) is 14.5. The third-order valence-electron chi connectivity index (χ3n) is 11.6. The number of benzene rings is 9. The molecule has 1 heteroatoms. The molecule has 0 heterocycles. The largest absolute Gasteiger partial charge is 0.310 e. The second-order valence-corrected chi connectivity index (χ2v) is 14.5. The lowest BCUT2D eigenvalue weighted by atomic mass is 9.81. The van der Waals surface area contributed by atoms with Gasteiger partial charge in [0.15, 0.2) is 0 Å². The third kappa shape index (κ3) is 4.25. The normalized spacial score (nSPS) is 12.0. The maximum Gasteiger partial charge on any atom is 0.0468 e. The van der Waals surface area contributed by atoms with Crippen molar-refractivity contribution in [2.24, 2.45) is 0 Å². The van der Waals surface area contributed by atoms with Gasteiger partial charge in [-0.2, -0.15) is 0 Å². The van der Waals surface area contributed by atoms with Gasteiger partial charge in [0.2, 0.25) is 0 Å². The van der Waals surface area contributed by atoms with E-state index in [1.165, 1.54) is 99.4 Å². The Labute approximate surface area is 310 Å². The van der Waals surface area contributed by atoms with Gasteiger partial charge in [-0.25, -0.2) is 0 Å². The Kier molecular flexibility index (Phi) is 6.45. The topological polar surface area (TPSA) is 3.24 Å². The summed E-state index contributed by atoms with van der Waals surface area (Å²) in [4.78, 5) is 2.36. The molecule has 2 aliphatic rings. The molecule has 0 unspecified atom stereocenters. The van der Waals surface area contributed by atoms with E-state index in [-0.39, 0.29) is 0 Å². The van der Waals surface area contributed by atoms with E-state index < -0.39 is 0 Å². The van der Waals surface area contributed by atoms with Crippen LogP contribution in [0.1, 0.15) is 11.1 Å². The average molecular weight is 674 g/mol. The lowest BCUT2D eigenvalue weighted by molar-refractivity contribution is 1.28. The monoisotopic (exact) mass is 673 g/mol. The van der Waals surface area contributed by atoms with Crippen LogP contribution >= 0.6 is 0 Å². The molecule has 0 fully saturated rings. The Morgan fingerprint density at radius 2 is 0.698 bits per heavy atom. The van der Waals surface area contributed by atoms with Gasteiger partial charge >= 0.3 is 0 Å². The van der Waals surface area contributed by atoms with Crippen molar-refractivity contribution >= 4 is 38.6 Å². The first-order chi connectivity index (χ1) is 26.2. The molecular formula is C52H35N. The minimum Gasteiger partial charge on any atom is -0.310 e. The Bertz CT molecular complexity index is 2820. The minimum absolute atomic E-state index is 1.14. The molecule has 0 aromatic heterocycles. The van der Waals surface area contributed by atoms with Crippen LogP contribution in [-0.4, -0.2) is 0 Å². The number of aryl methyl sites for hydroxylation is 2. The van der Waals surface area contributed by atoms with E-state index in [1.54, 1.807) is 0 Å². The first kappa shape index (κ1) is 30.0. The molecule has 0 atom stereocenters. The van der Waals surface area contributed by atoms with E-state index in [4.69, 9.17) is 0 Å². The van der Waals surface area contributed by atoms with Crippen LogP contribution in [0.3, 0.4) is 0 Å². The molecule has 11 rings (SSSR count). The highest BCUT2D eigenvalue weighted by molar-refractivity contribution is 6.32. The van der Waals surface area contributed by atoms with Crippen molar-refractivity contribution in [1.82, 2.24) is 0 Å². The van der Waals surface area contributed by atoms with Crippen LogP contribution in [0, 0.1) is 13.8 Å². The van der Waals surface area contributed by atoms with Gasteiger partial charge in [0, 0.05) is 17.1 Å². The van der Waals surface area contributed by atoms with E-state index in [0.29, 0.717) is 0 Å². The fourth-order valence-corrected chi connectivity index (χ4v) is 9.33. The van der Waals surface area contributed by atoms with E-state index in [0.717, 1.165) is 17.1 Å². The highest BCUT2D eigenvalue weighted by Gasteiger charge is 2.35. The molecule has 0 radical (unpaired) electrons. The van der Waals surface area contributed by atoms with Gasteiger partial charge < -0.3 is 4.90 Å². The Morgan fingerprint density at radius 3 is 1.23 bits per heavy atom. The highest BCUT2D eigenvalue weighted by atomic mass is 15.1. The van der Waals surface area contributed by atoms with Crippen LogP contribution in [0.2, 0.25) is 0 Å². The molecule has 0 aliphatic heterocycles. The maximum absolute atomic E-state index is 2.42. The van der Waals surface area contributed by atoms with Crippen LogP contribution < -0.4 is 4.90 Å². The minimum atomic E-state index is 1.14. The summed E-state index contributed by atoms with van der Waals surface area (Å²) in [5, 5.41) is 5.34. The Morgan fingerprint density at radius 1 is 0.283 bits per heavy atom. The van der Waals surface area contributed by atoms with Crippen molar-refractivity contribution < 1.29 is 0 Å². The standard InChI is InChI=1S/C52H35N/c1-32-15-9-11-21-37(32)47-40-23-13-14-24-41(40)48(38-22-12-10-16-33(38)2)52-45-30-28-43-46-31-36(53(34-17-5-3-6-18-34)35-19-7-4-8-20-35)25-26-39(46)42-27-29-44(51(47)52)50(45)49(42)43/h3-31H,1-2H3. The number of anilines is 3. The molecule has 0 spiro atoms. The molecule has 1 nitrogen and oxygen atoms in total. The van der Waals surface area contributed by atoms with Crippen molar-refractivity contribution in [2.75, 3.05) is 4.90 Å². The van der Waals surface area contributed by atoms with E-state index in [1.807, 2.05) is 0 Å². The summed E-state index contributed by atoms with van der Waals surface area (Å²) < 4.78 is 0. The van der Waals surface area contributed by atoms with Crippen molar-refractivity contribution in [1.29, 1.82) is 0 Å². The van der Waals surface area contributed by atoms with E-state index in [2.05, 4.69) is 195 Å². The van der Waals surface area contributed by atoms with Gasteiger partial charge in [0.25, 0.3) is 0 Å². The fraction of sp³-hybridized carbons (Fsp3) is 0.0385. The molecule has 0 N–H and O–H groups in total. The summed E-state index contributed by atoms with van der Waals surface area (Å²) >= 11 is 0. The zero-order chi connectivity index (χ0) is 35.2. The summed E-state index contributed by atoms with van der Waals surface area (Å²) in [6.45, 7) is 4.50. The van der Waals surface area contributed by atoms with Gasteiger partial charge in [-0.05, 0) is 150 Å². The molecule has 53 heavy (non-hydrogen) atoms. The van der Waals surface area contributed by atoms with E-state index >= 15 is 0 Å². The summed E-state index contributed by atoms with van der Waals surface area (Å²) in [5.74, 6) is 0. The Hall–Kier alpha value is -6.70. The van der Waals surface area contributed by atoms with Crippen LogP contribution in [0.25, 0.3) is 88.3 Å². The molecule has 0 amide bonds. The number of hydrogen-bond donors (Lipinski definition) is 0. The zero-order valence-corrected chi connectivity index (χ0v) is 29.7. The average Bonchev–Trinajstić information content (AvgIpc) is 3.71. The van der Waals surface area contributed by atoms with Gasteiger partial charge in [0.05, 0.1) is 0 Å². The van der Waals surface area contributed by atoms with Gasteiger partial charge in [0.1, 0.15) is 0 Å². The van der Waals surface area contributed by atoms with Crippen LogP contribution in [0.5, 0.6) is 0 Å². The molecule has 0 saturated carbocycles. The van der Waals surface area contributed by atoms with Gasteiger partial charge in [-0.15, -0.1) is 0 Å². The second kappa shape index (κ2) is 11.4. The van der Waals surface area contributed by atoms with Crippen molar-refractivity contribution in [3.05, 3.63) is 187 Å².